The van der Waals surface area contributed by atoms with E-state index < -0.39 is 15.4 Å². The molecule has 0 radical (unpaired) electrons. The Balaban J connectivity index is 1.60. The zero-order valence-electron chi connectivity index (χ0n) is 23.4. The molecule has 0 heterocycles. The zero-order valence-corrected chi connectivity index (χ0v) is 26.6. The van der Waals surface area contributed by atoms with E-state index >= 15 is 0 Å². The molecule has 1 unspecified atom stereocenters. The van der Waals surface area contributed by atoms with Gasteiger partial charge in [0.05, 0.1) is 6.10 Å². The molecular formula is C31H48Br2O3. The lowest BCUT2D eigenvalue weighted by Gasteiger charge is -2.63. The molecule has 36 heavy (non-hydrogen) atoms. The SMILES string of the molecule is CC[C@@H](/C=C/[C@@H](C)[C@H]1CC[C@H]2[C@@H]3CC=C4C[C@H](O)C(OC(C)=O)C(Br)(Br)[C@]4(C)[C@H]3CC[C@]12C)C(C)C. The Kier molecular flexibility index (Phi) is 8.38. The summed E-state index contributed by atoms with van der Waals surface area (Å²) in [5, 5.41) is 10.9. The molecule has 10 atom stereocenters. The smallest absolute Gasteiger partial charge is 0.303 e. The quantitative estimate of drug-likeness (QED) is 0.183. The van der Waals surface area contributed by atoms with Gasteiger partial charge in [0.1, 0.15) is 3.23 Å². The Labute approximate surface area is 236 Å². The summed E-state index contributed by atoms with van der Waals surface area (Å²) >= 11 is 7.98. The van der Waals surface area contributed by atoms with E-state index in [0.717, 1.165) is 12.3 Å². The number of esters is 1. The van der Waals surface area contributed by atoms with Gasteiger partial charge in [0.25, 0.3) is 0 Å². The molecule has 0 aromatic carbocycles. The highest BCUT2D eigenvalue weighted by Gasteiger charge is 2.67. The van der Waals surface area contributed by atoms with Crippen molar-refractivity contribution in [1.82, 2.24) is 0 Å². The molecule has 0 amide bonds. The van der Waals surface area contributed by atoms with Gasteiger partial charge in [0.2, 0.25) is 0 Å². The number of halogens is 2. The van der Waals surface area contributed by atoms with Crippen LogP contribution in [-0.2, 0) is 9.53 Å². The van der Waals surface area contributed by atoms with Gasteiger partial charge in [-0.1, -0.05) is 97.2 Å². The van der Waals surface area contributed by atoms with Gasteiger partial charge < -0.3 is 9.84 Å². The van der Waals surface area contributed by atoms with Crippen LogP contribution in [-0.4, -0.2) is 26.5 Å². The third-order valence-corrected chi connectivity index (χ3v) is 13.9. The van der Waals surface area contributed by atoms with Crippen molar-refractivity contribution < 1.29 is 14.6 Å². The summed E-state index contributed by atoms with van der Waals surface area (Å²) in [4.78, 5) is 11.9. The Morgan fingerprint density at radius 1 is 1.17 bits per heavy atom. The number of aliphatic hydroxyl groups is 1. The van der Waals surface area contributed by atoms with Crippen LogP contribution in [0, 0.1) is 52.3 Å². The van der Waals surface area contributed by atoms with E-state index in [-0.39, 0.29) is 11.4 Å². The summed E-state index contributed by atoms with van der Waals surface area (Å²) in [5.74, 6) is 4.21. The van der Waals surface area contributed by atoms with E-state index in [1.807, 2.05) is 0 Å². The number of fused-ring (bicyclic) bond motifs is 5. The van der Waals surface area contributed by atoms with E-state index in [1.165, 1.54) is 44.6 Å². The first kappa shape index (κ1) is 28.9. The molecule has 3 fully saturated rings. The highest BCUT2D eigenvalue weighted by Crippen LogP contribution is 2.71. The third-order valence-electron chi connectivity index (χ3n) is 11.3. The number of hydrogen-bond acceptors (Lipinski definition) is 3. The topological polar surface area (TPSA) is 46.5 Å². The van der Waals surface area contributed by atoms with Crippen molar-refractivity contribution in [1.29, 1.82) is 0 Å². The molecule has 0 bridgehead atoms. The van der Waals surface area contributed by atoms with E-state index in [4.69, 9.17) is 4.74 Å². The number of aliphatic hydroxyl groups excluding tert-OH is 1. The van der Waals surface area contributed by atoms with Crippen LogP contribution in [0.4, 0.5) is 0 Å². The van der Waals surface area contributed by atoms with Crippen LogP contribution in [0.2, 0.25) is 0 Å². The predicted molar refractivity (Wildman–Crippen MR) is 155 cm³/mol. The lowest BCUT2D eigenvalue weighted by Crippen LogP contribution is -2.63. The van der Waals surface area contributed by atoms with Crippen LogP contribution in [0.25, 0.3) is 0 Å². The lowest BCUT2D eigenvalue weighted by molar-refractivity contribution is -0.160. The molecule has 4 aliphatic carbocycles. The van der Waals surface area contributed by atoms with Crippen molar-refractivity contribution >= 4 is 37.8 Å². The molecule has 0 saturated heterocycles. The van der Waals surface area contributed by atoms with E-state index in [2.05, 4.69) is 91.6 Å². The standard InChI is InChI=1S/C31H48Br2O3/c1-8-21(18(2)3)10-9-19(4)24-13-14-25-23-12-11-22-17-27(35)28(36-20(5)34)31(32,33)30(22,7)26(23)15-16-29(24,25)6/h9-11,18-19,21,23-28,35H,8,12-17H2,1-7H3/b10-9+/t19-,21+,23+,24-,25+,26+,27+,28?,29-,30+/m1/s1. The molecule has 0 spiro atoms. The molecule has 0 aromatic rings. The largest absolute Gasteiger partial charge is 0.457 e. The molecular weight excluding hydrogens is 580 g/mol. The second-order valence-electron chi connectivity index (χ2n) is 13.3. The van der Waals surface area contributed by atoms with Crippen molar-refractivity contribution in [2.24, 2.45) is 52.3 Å². The Morgan fingerprint density at radius 2 is 1.86 bits per heavy atom. The molecule has 5 heteroatoms. The normalized spacial score (nSPS) is 43.4. The molecule has 0 aromatic heterocycles. The van der Waals surface area contributed by atoms with Crippen molar-refractivity contribution in [3.63, 3.8) is 0 Å². The number of carbonyl (C=O) groups excluding carboxylic acids is 1. The Bertz CT molecular complexity index is 894. The van der Waals surface area contributed by atoms with Crippen molar-refractivity contribution in [2.75, 3.05) is 0 Å². The van der Waals surface area contributed by atoms with Crippen LogP contribution < -0.4 is 0 Å². The number of rotatable bonds is 6. The highest BCUT2D eigenvalue weighted by molar-refractivity contribution is 9.25. The minimum absolute atomic E-state index is 0.216. The number of allylic oxidation sites excluding steroid dienone is 3. The van der Waals surface area contributed by atoms with Gasteiger partial charge in [-0.25, -0.2) is 0 Å². The number of carbonyl (C=O) groups is 1. The fraction of sp³-hybridized carbons (Fsp3) is 0.839. The van der Waals surface area contributed by atoms with Crippen LogP contribution >= 0.6 is 31.9 Å². The van der Waals surface area contributed by atoms with Crippen LogP contribution in [0.15, 0.2) is 23.8 Å². The van der Waals surface area contributed by atoms with Gasteiger partial charge in [0.15, 0.2) is 6.10 Å². The summed E-state index contributed by atoms with van der Waals surface area (Å²) < 4.78 is 5.04. The maximum absolute atomic E-state index is 11.9. The lowest BCUT2D eigenvalue weighted by atomic mass is 9.46. The Morgan fingerprint density at radius 3 is 2.47 bits per heavy atom. The minimum Gasteiger partial charge on any atom is -0.457 e. The predicted octanol–water partition coefficient (Wildman–Crippen LogP) is 8.44. The van der Waals surface area contributed by atoms with E-state index in [9.17, 15) is 9.90 Å². The molecule has 1 N–H and O–H groups in total. The first-order chi connectivity index (χ1) is 16.8. The van der Waals surface area contributed by atoms with Crippen LogP contribution in [0.1, 0.15) is 93.4 Å². The van der Waals surface area contributed by atoms with Gasteiger partial charge >= 0.3 is 5.97 Å². The van der Waals surface area contributed by atoms with Crippen molar-refractivity contribution in [2.45, 2.75) is 109 Å². The second-order valence-corrected chi connectivity index (χ2v) is 16.8. The molecule has 204 valence electrons. The molecule has 3 nitrogen and oxygen atoms in total. The van der Waals surface area contributed by atoms with Gasteiger partial charge in [-0.2, -0.15) is 0 Å². The van der Waals surface area contributed by atoms with Gasteiger partial charge in [-0.15, -0.1) is 0 Å². The number of ether oxygens (including phenoxy) is 1. The maximum atomic E-state index is 11.9. The number of hydrogen-bond donors (Lipinski definition) is 1. The van der Waals surface area contributed by atoms with Gasteiger partial charge in [-0.05, 0) is 91.8 Å². The summed E-state index contributed by atoms with van der Waals surface area (Å²) in [6.45, 7) is 15.8. The fourth-order valence-corrected chi connectivity index (χ4v) is 11.1. The van der Waals surface area contributed by atoms with E-state index in [0.29, 0.717) is 47.3 Å². The summed E-state index contributed by atoms with van der Waals surface area (Å²) in [7, 11) is 0. The average Bonchev–Trinajstić information content (AvgIpc) is 3.15. The fourth-order valence-electron chi connectivity index (χ4n) is 9.21. The van der Waals surface area contributed by atoms with Gasteiger partial charge in [0, 0.05) is 12.3 Å². The first-order valence-corrected chi connectivity index (χ1v) is 16.0. The molecule has 4 aliphatic rings. The second kappa shape index (κ2) is 10.5. The van der Waals surface area contributed by atoms with Crippen LogP contribution in [0.3, 0.4) is 0 Å². The van der Waals surface area contributed by atoms with Crippen molar-refractivity contribution in [3.8, 4) is 0 Å². The van der Waals surface area contributed by atoms with Crippen molar-refractivity contribution in [3.05, 3.63) is 23.8 Å². The minimum atomic E-state index is -0.710. The first-order valence-electron chi connectivity index (χ1n) is 14.4. The van der Waals surface area contributed by atoms with Gasteiger partial charge in [-0.3, -0.25) is 4.79 Å². The summed E-state index contributed by atoms with van der Waals surface area (Å²) in [5.41, 5.74) is 1.48. The third kappa shape index (κ3) is 4.53. The molecule has 3 saturated carbocycles. The molecule has 0 aliphatic heterocycles. The highest BCUT2D eigenvalue weighted by atomic mass is 79.9. The van der Waals surface area contributed by atoms with E-state index in [1.54, 1.807) is 0 Å². The zero-order chi connectivity index (χ0) is 26.6. The monoisotopic (exact) mass is 626 g/mol. The summed E-state index contributed by atoms with van der Waals surface area (Å²) in [6, 6.07) is 0. The average molecular weight is 629 g/mol. The van der Waals surface area contributed by atoms with Crippen LogP contribution in [0.5, 0.6) is 0 Å². The Hall–Kier alpha value is -0.130. The summed E-state index contributed by atoms with van der Waals surface area (Å²) in [6.07, 6.45) is 14.2. The molecule has 4 rings (SSSR count). The maximum Gasteiger partial charge on any atom is 0.303 e. The number of alkyl halides is 2.